The van der Waals surface area contributed by atoms with Gasteiger partial charge in [-0.25, -0.2) is 0 Å². The summed E-state index contributed by atoms with van der Waals surface area (Å²) in [6, 6.07) is 6.37. The Morgan fingerprint density at radius 3 is 2.62 bits per heavy atom. The highest BCUT2D eigenvalue weighted by atomic mass is 79.9. The fraction of sp³-hybridized carbons (Fsp3) is 0.538. The summed E-state index contributed by atoms with van der Waals surface area (Å²) in [6.07, 6.45) is 1.21. The lowest BCUT2D eigenvalue weighted by atomic mass is 10.1. The first-order valence-corrected chi connectivity index (χ1v) is 6.57. The van der Waals surface area contributed by atoms with E-state index in [-0.39, 0.29) is 0 Å². The quantitative estimate of drug-likeness (QED) is 0.898. The predicted molar refractivity (Wildman–Crippen MR) is 74.8 cm³/mol. The molecule has 0 saturated heterocycles. The third kappa shape index (κ3) is 3.49. The number of anilines is 1. The Labute approximate surface area is 107 Å². The topological polar surface area (TPSA) is 29.3 Å². The summed E-state index contributed by atoms with van der Waals surface area (Å²) in [4.78, 5) is 2.29. The van der Waals surface area contributed by atoms with Crippen LogP contribution in [0.25, 0.3) is 0 Å². The standard InChI is InChI=1S/C13H21BrN2/c1-4-10(2)9-16(3)12-6-5-11(8-15)13(14)7-12/h5-7,10H,4,8-9,15H2,1-3H3. The molecule has 0 saturated carbocycles. The summed E-state index contributed by atoms with van der Waals surface area (Å²) in [7, 11) is 2.13. The molecule has 1 atom stereocenters. The first-order valence-electron chi connectivity index (χ1n) is 5.78. The van der Waals surface area contributed by atoms with Crippen LogP contribution >= 0.6 is 15.9 Å². The van der Waals surface area contributed by atoms with Gasteiger partial charge in [-0.1, -0.05) is 42.3 Å². The van der Waals surface area contributed by atoms with Crippen LogP contribution < -0.4 is 10.6 Å². The monoisotopic (exact) mass is 284 g/mol. The molecule has 16 heavy (non-hydrogen) atoms. The van der Waals surface area contributed by atoms with Crippen LogP contribution in [0.1, 0.15) is 25.8 Å². The van der Waals surface area contributed by atoms with E-state index in [2.05, 4.69) is 59.9 Å². The van der Waals surface area contributed by atoms with E-state index < -0.39 is 0 Å². The molecule has 0 amide bonds. The van der Waals surface area contributed by atoms with E-state index in [0.29, 0.717) is 6.54 Å². The first-order chi connectivity index (χ1) is 7.58. The lowest BCUT2D eigenvalue weighted by molar-refractivity contribution is 0.560. The zero-order valence-electron chi connectivity index (χ0n) is 10.3. The van der Waals surface area contributed by atoms with Crippen molar-refractivity contribution in [1.82, 2.24) is 0 Å². The Kier molecular flexibility index (Phi) is 5.29. The number of nitrogens with zero attached hydrogens (tertiary/aromatic N) is 1. The molecule has 1 aromatic rings. The average molecular weight is 285 g/mol. The number of hydrogen-bond acceptors (Lipinski definition) is 2. The Balaban J connectivity index is 2.76. The zero-order valence-corrected chi connectivity index (χ0v) is 11.9. The molecule has 0 aliphatic carbocycles. The molecular formula is C13H21BrN2. The fourth-order valence-electron chi connectivity index (χ4n) is 1.64. The van der Waals surface area contributed by atoms with Crippen LogP contribution in [0.15, 0.2) is 22.7 Å². The van der Waals surface area contributed by atoms with Crippen molar-refractivity contribution < 1.29 is 0 Å². The van der Waals surface area contributed by atoms with Gasteiger partial charge in [-0.05, 0) is 23.6 Å². The summed E-state index contributed by atoms with van der Waals surface area (Å²) in [5.74, 6) is 0.720. The van der Waals surface area contributed by atoms with E-state index in [1.54, 1.807) is 0 Å². The molecule has 0 aliphatic heterocycles. The van der Waals surface area contributed by atoms with E-state index in [9.17, 15) is 0 Å². The molecule has 0 heterocycles. The lowest BCUT2D eigenvalue weighted by Gasteiger charge is -2.23. The summed E-state index contributed by atoms with van der Waals surface area (Å²) in [6.45, 7) is 6.17. The van der Waals surface area contributed by atoms with Gasteiger partial charge in [0.15, 0.2) is 0 Å². The van der Waals surface area contributed by atoms with E-state index in [1.165, 1.54) is 12.1 Å². The van der Waals surface area contributed by atoms with Crippen LogP contribution in [0.5, 0.6) is 0 Å². The van der Waals surface area contributed by atoms with Gasteiger partial charge in [0.05, 0.1) is 0 Å². The molecule has 1 unspecified atom stereocenters. The van der Waals surface area contributed by atoms with Crippen LogP contribution in [-0.2, 0) is 6.54 Å². The highest BCUT2D eigenvalue weighted by molar-refractivity contribution is 9.10. The second-order valence-corrected chi connectivity index (χ2v) is 5.23. The Hall–Kier alpha value is -0.540. The molecule has 0 aliphatic rings. The molecule has 90 valence electrons. The lowest BCUT2D eigenvalue weighted by Crippen LogP contribution is -2.23. The minimum atomic E-state index is 0.579. The van der Waals surface area contributed by atoms with Crippen molar-refractivity contribution in [3.05, 3.63) is 28.2 Å². The van der Waals surface area contributed by atoms with Crippen molar-refractivity contribution in [3.8, 4) is 0 Å². The minimum Gasteiger partial charge on any atom is -0.374 e. The second kappa shape index (κ2) is 6.26. The van der Waals surface area contributed by atoms with Crippen LogP contribution in [0.2, 0.25) is 0 Å². The smallest absolute Gasteiger partial charge is 0.0375 e. The van der Waals surface area contributed by atoms with Crippen LogP contribution in [0.4, 0.5) is 5.69 Å². The predicted octanol–water partition coefficient (Wildman–Crippen LogP) is 3.39. The summed E-state index contributed by atoms with van der Waals surface area (Å²) >= 11 is 3.55. The number of benzene rings is 1. The molecule has 3 heteroatoms. The number of halogens is 1. The number of rotatable bonds is 5. The van der Waals surface area contributed by atoms with E-state index in [4.69, 9.17) is 5.73 Å². The van der Waals surface area contributed by atoms with Gasteiger partial charge in [-0.2, -0.15) is 0 Å². The third-order valence-electron chi connectivity index (χ3n) is 2.98. The van der Waals surface area contributed by atoms with Gasteiger partial charge in [0.25, 0.3) is 0 Å². The van der Waals surface area contributed by atoms with Crippen LogP contribution in [-0.4, -0.2) is 13.6 Å². The Morgan fingerprint density at radius 2 is 2.12 bits per heavy atom. The van der Waals surface area contributed by atoms with Crippen molar-refractivity contribution >= 4 is 21.6 Å². The highest BCUT2D eigenvalue weighted by Crippen LogP contribution is 2.24. The van der Waals surface area contributed by atoms with Crippen molar-refractivity contribution in [1.29, 1.82) is 0 Å². The fourth-order valence-corrected chi connectivity index (χ4v) is 2.17. The van der Waals surface area contributed by atoms with Gasteiger partial charge in [0, 0.05) is 30.3 Å². The summed E-state index contributed by atoms with van der Waals surface area (Å²) < 4.78 is 1.10. The maximum atomic E-state index is 5.64. The third-order valence-corrected chi connectivity index (χ3v) is 3.72. The first kappa shape index (κ1) is 13.5. The van der Waals surface area contributed by atoms with Gasteiger partial charge in [0.1, 0.15) is 0 Å². The van der Waals surface area contributed by atoms with E-state index in [1.807, 2.05) is 0 Å². The van der Waals surface area contributed by atoms with Gasteiger partial charge in [-0.15, -0.1) is 0 Å². The summed E-state index contributed by atoms with van der Waals surface area (Å²) in [5.41, 5.74) is 8.03. The van der Waals surface area contributed by atoms with E-state index in [0.717, 1.165) is 22.5 Å². The second-order valence-electron chi connectivity index (χ2n) is 4.37. The largest absolute Gasteiger partial charge is 0.374 e. The van der Waals surface area contributed by atoms with E-state index >= 15 is 0 Å². The average Bonchev–Trinajstić information content (AvgIpc) is 2.28. The normalized spacial score (nSPS) is 12.6. The van der Waals surface area contributed by atoms with Crippen molar-refractivity contribution in [2.45, 2.75) is 26.8 Å². The van der Waals surface area contributed by atoms with Crippen molar-refractivity contribution in [2.24, 2.45) is 11.7 Å². The Bertz CT molecular complexity index is 339. The molecular weight excluding hydrogens is 264 g/mol. The van der Waals surface area contributed by atoms with Gasteiger partial charge in [0.2, 0.25) is 0 Å². The maximum Gasteiger partial charge on any atom is 0.0375 e. The van der Waals surface area contributed by atoms with Gasteiger partial charge in [-0.3, -0.25) is 0 Å². The van der Waals surface area contributed by atoms with Gasteiger partial charge >= 0.3 is 0 Å². The van der Waals surface area contributed by atoms with Crippen LogP contribution in [0, 0.1) is 5.92 Å². The molecule has 1 aromatic carbocycles. The maximum absolute atomic E-state index is 5.64. The van der Waals surface area contributed by atoms with Crippen molar-refractivity contribution in [3.63, 3.8) is 0 Å². The highest BCUT2D eigenvalue weighted by Gasteiger charge is 2.07. The molecule has 1 rings (SSSR count). The zero-order chi connectivity index (χ0) is 12.1. The SMILES string of the molecule is CCC(C)CN(C)c1ccc(CN)c(Br)c1. The minimum absolute atomic E-state index is 0.579. The molecule has 0 bridgehead atoms. The van der Waals surface area contributed by atoms with Crippen LogP contribution in [0.3, 0.4) is 0 Å². The molecule has 0 radical (unpaired) electrons. The molecule has 2 nitrogen and oxygen atoms in total. The molecule has 0 fully saturated rings. The number of hydrogen-bond donors (Lipinski definition) is 1. The van der Waals surface area contributed by atoms with Crippen molar-refractivity contribution in [2.75, 3.05) is 18.5 Å². The molecule has 0 spiro atoms. The molecule has 0 aromatic heterocycles. The molecule has 2 N–H and O–H groups in total. The summed E-state index contributed by atoms with van der Waals surface area (Å²) in [5, 5.41) is 0. The van der Waals surface area contributed by atoms with Gasteiger partial charge < -0.3 is 10.6 Å². The number of nitrogens with two attached hydrogens (primary N) is 1. The Morgan fingerprint density at radius 1 is 1.44 bits per heavy atom.